The lowest BCUT2D eigenvalue weighted by Gasteiger charge is -2.22. The van der Waals surface area contributed by atoms with Crippen molar-refractivity contribution >= 4 is 23.4 Å². The number of halogens is 3. The highest BCUT2D eigenvalue weighted by Gasteiger charge is 2.24. The largest absolute Gasteiger partial charge is 0.511 e. The lowest BCUT2D eigenvalue weighted by molar-refractivity contribution is 0.144. The van der Waals surface area contributed by atoms with Crippen molar-refractivity contribution in [1.29, 1.82) is 0 Å². The van der Waals surface area contributed by atoms with Crippen molar-refractivity contribution in [2.45, 2.75) is 19.6 Å². The van der Waals surface area contributed by atoms with Crippen molar-refractivity contribution in [3.8, 4) is 11.5 Å². The van der Waals surface area contributed by atoms with E-state index in [0.29, 0.717) is 42.1 Å². The molecule has 0 saturated heterocycles. The molecule has 0 aromatic heterocycles. The smallest absolute Gasteiger partial charge is 0.488 e. The van der Waals surface area contributed by atoms with Gasteiger partial charge >= 0.3 is 6.16 Å². The van der Waals surface area contributed by atoms with Crippen LogP contribution in [0.25, 0.3) is 0 Å². The summed E-state index contributed by atoms with van der Waals surface area (Å²) in [7, 11) is 0. The molecule has 31 heavy (non-hydrogen) atoms. The second-order valence-electron chi connectivity index (χ2n) is 7.07. The highest BCUT2D eigenvalue weighted by atomic mass is 35.5. The van der Waals surface area contributed by atoms with Gasteiger partial charge in [-0.3, -0.25) is 0 Å². The molecule has 8 heteroatoms. The van der Waals surface area contributed by atoms with Gasteiger partial charge in [0.2, 0.25) is 0 Å². The SMILES string of the molecule is O=C(O)Oc1cccc2c1CCN2Cc1cc(F)ccc1OCc1ccc(F)cc1Cl. The number of ether oxygens (including phenoxy) is 2. The summed E-state index contributed by atoms with van der Waals surface area (Å²) in [5, 5.41) is 9.18. The number of carbonyl (C=O) groups is 1. The Morgan fingerprint density at radius 2 is 1.81 bits per heavy atom. The average Bonchev–Trinajstić information content (AvgIpc) is 3.12. The van der Waals surface area contributed by atoms with Crippen LogP contribution in [0, 0.1) is 11.6 Å². The van der Waals surface area contributed by atoms with Gasteiger partial charge < -0.3 is 19.5 Å². The van der Waals surface area contributed by atoms with Gasteiger partial charge in [-0.25, -0.2) is 13.6 Å². The Bertz CT molecular complexity index is 1140. The third kappa shape index (κ3) is 4.72. The van der Waals surface area contributed by atoms with E-state index in [1.807, 2.05) is 11.0 Å². The average molecular weight is 446 g/mol. The number of rotatable bonds is 6. The molecule has 0 aliphatic carbocycles. The highest BCUT2D eigenvalue weighted by Crippen LogP contribution is 2.37. The minimum Gasteiger partial charge on any atom is -0.488 e. The molecule has 160 valence electrons. The van der Waals surface area contributed by atoms with E-state index in [1.54, 1.807) is 24.3 Å². The van der Waals surface area contributed by atoms with Crippen molar-refractivity contribution in [2.75, 3.05) is 11.4 Å². The maximum atomic E-state index is 14.0. The first kappa shape index (κ1) is 20.9. The molecule has 5 nitrogen and oxygen atoms in total. The van der Waals surface area contributed by atoms with E-state index in [4.69, 9.17) is 26.2 Å². The van der Waals surface area contributed by atoms with Gasteiger partial charge in [-0.2, -0.15) is 0 Å². The van der Waals surface area contributed by atoms with Crippen molar-refractivity contribution in [2.24, 2.45) is 0 Å². The fourth-order valence-corrected chi connectivity index (χ4v) is 3.86. The van der Waals surface area contributed by atoms with Crippen LogP contribution in [-0.2, 0) is 19.6 Å². The maximum absolute atomic E-state index is 14.0. The molecule has 3 aromatic rings. The summed E-state index contributed by atoms with van der Waals surface area (Å²) < 4.78 is 38.0. The second kappa shape index (κ2) is 8.81. The molecule has 0 atom stereocenters. The number of carboxylic acid groups (broad SMARTS) is 1. The first-order valence-corrected chi connectivity index (χ1v) is 9.91. The molecule has 1 heterocycles. The summed E-state index contributed by atoms with van der Waals surface area (Å²) in [6.07, 6.45) is -0.762. The Hall–Kier alpha value is -3.32. The van der Waals surface area contributed by atoms with E-state index < -0.39 is 17.8 Å². The van der Waals surface area contributed by atoms with Crippen LogP contribution in [0.3, 0.4) is 0 Å². The quantitative estimate of drug-likeness (QED) is 0.383. The van der Waals surface area contributed by atoms with Crippen molar-refractivity contribution in [3.05, 3.63) is 87.9 Å². The zero-order valence-corrected chi connectivity index (χ0v) is 17.0. The minimum atomic E-state index is -1.37. The number of fused-ring (bicyclic) bond motifs is 1. The fraction of sp³-hybridized carbons (Fsp3) is 0.174. The van der Waals surface area contributed by atoms with E-state index in [1.165, 1.54) is 24.3 Å². The summed E-state index contributed by atoms with van der Waals surface area (Å²) in [6, 6.07) is 13.5. The Morgan fingerprint density at radius 1 is 1.03 bits per heavy atom. The molecule has 0 fully saturated rings. The van der Waals surface area contributed by atoms with Gasteiger partial charge in [0.15, 0.2) is 0 Å². The van der Waals surface area contributed by atoms with Gasteiger partial charge in [0, 0.05) is 35.5 Å². The zero-order chi connectivity index (χ0) is 22.0. The summed E-state index contributed by atoms with van der Waals surface area (Å²) in [5.41, 5.74) is 2.85. The molecule has 1 aliphatic rings. The van der Waals surface area contributed by atoms with Crippen LogP contribution in [0.15, 0.2) is 54.6 Å². The lowest BCUT2D eigenvalue weighted by atomic mass is 10.1. The molecular weight excluding hydrogens is 428 g/mol. The van der Waals surface area contributed by atoms with Crippen molar-refractivity contribution in [1.82, 2.24) is 0 Å². The van der Waals surface area contributed by atoms with Crippen LogP contribution < -0.4 is 14.4 Å². The van der Waals surface area contributed by atoms with E-state index in [0.717, 1.165) is 11.3 Å². The Morgan fingerprint density at radius 3 is 2.58 bits per heavy atom. The van der Waals surface area contributed by atoms with E-state index >= 15 is 0 Å². The van der Waals surface area contributed by atoms with Crippen molar-refractivity contribution in [3.63, 3.8) is 0 Å². The summed E-state index contributed by atoms with van der Waals surface area (Å²) in [5.74, 6) is -0.0536. The van der Waals surface area contributed by atoms with E-state index in [9.17, 15) is 13.6 Å². The monoisotopic (exact) mass is 445 g/mol. The van der Waals surface area contributed by atoms with Crippen LogP contribution in [0.5, 0.6) is 11.5 Å². The molecule has 3 aromatic carbocycles. The number of hydrogen-bond acceptors (Lipinski definition) is 4. The maximum Gasteiger partial charge on any atom is 0.511 e. The molecule has 0 amide bonds. The molecule has 0 unspecified atom stereocenters. The van der Waals surface area contributed by atoms with Gasteiger partial charge in [0.25, 0.3) is 0 Å². The predicted molar refractivity (Wildman–Crippen MR) is 112 cm³/mol. The predicted octanol–water partition coefficient (Wildman–Crippen LogP) is 5.82. The van der Waals surface area contributed by atoms with Crippen LogP contribution in [0.4, 0.5) is 19.3 Å². The first-order chi connectivity index (χ1) is 14.9. The Labute approximate surface area is 182 Å². The molecule has 0 saturated carbocycles. The summed E-state index contributed by atoms with van der Waals surface area (Å²) in [6.45, 7) is 1.08. The van der Waals surface area contributed by atoms with Crippen molar-refractivity contribution < 1.29 is 28.2 Å². The van der Waals surface area contributed by atoms with Gasteiger partial charge in [-0.05, 0) is 48.9 Å². The third-order valence-corrected chi connectivity index (χ3v) is 5.41. The molecule has 1 aliphatic heterocycles. The number of hydrogen-bond donors (Lipinski definition) is 1. The number of anilines is 1. The number of nitrogens with zero attached hydrogens (tertiary/aromatic N) is 1. The van der Waals surface area contributed by atoms with Crippen LogP contribution in [0.2, 0.25) is 5.02 Å². The summed E-state index contributed by atoms with van der Waals surface area (Å²) in [4.78, 5) is 12.9. The molecule has 1 N–H and O–H groups in total. The van der Waals surface area contributed by atoms with E-state index in [-0.39, 0.29) is 11.6 Å². The topological polar surface area (TPSA) is 59.0 Å². The molecule has 4 rings (SSSR count). The van der Waals surface area contributed by atoms with Crippen LogP contribution >= 0.6 is 11.6 Å². The second-order valence-corrected chi connectivity index (χ2v) is 7.48. The van der Waals surface area contributed by atoms with Crippen LogP contribution in [0.1, 0.15) is 16.7 Å². The van der Waals surface area contributed by atoms with Crippen LogP contribution in [-0.4, -0.2) is 17.8 Å². The summed E-state index contributed by atoms with van der Waals surface area (Å²) >= 11 is 6.06. The van der Waals surface area contributed by atoms with Gasteiger partial charge in [0.1, 0.15) is 29.7 Å². The highest BCUT2D eigenvalue weighted by molar-refractivity contribution is 6.31. The Balaban J connectivity index is 1.55. The molecular formula is C23H18ClF2NO4. The molecule has 0 bridgehead atoms. The lowest BCUT2D eigenvalue weighted by Crippen LogP contribution is -2.20. The minimum absolute atomic E-state index is 0.102. The van der Waals surface area contributed by atoms with Gasteiger partial charge in [0.05, 0.1) is 5.02 Å². The fourth-order valence-electron chi connectivity index (χ4n) is 3.63. The molecule has 0 radical (unpaired) electrons. The zero-order valence-electron chi connectivity index (χ0n) is 16.3. The normalized spacial score (nSPS) is 12.5. The third-order valence-electron chi connectivity index (χ3n) is 5.06. The first-order valence-electron chi connectivity index (χ1n) is 9.53. The van der Waals surface area contributed by atoms with Gasteiger partial charge in [-0.1, -0.05) is 23.7 Å². The Kier molecular flexibility index (Phi) is 5.95. The standard InChI is InChI=1S/C23H18ClF2NO4/c24-19-11-17(26)5-4-14(19)13-30-21-7-6-16(25)10-15(21)12-27-9-8-18-20(27)2-1-3-22(18)31-23(28)29/h1-7,10-11H,8-9,12-13H2,(H,28,29). The van der Waals surface area contributed by atoms with Gasteiger partial charge in [-0.15, -0.1) is 0 Å². The molecule has 0 spiro atoms. The van der Waals surface area contributed by atoms with E-state index in [2.05, 4.69) is 0 Å². The number of benzene rings is 3.